The maximum atomic E-state index is 10.0. The second-order valence-electron chi connectivity index (χ2n) is 4.59. The second-order valence-corrected chi connectivity index (χ2v) is 5.51. The van der Waals surface area contributed by atoms with Crippen molar-refractivity contribution in [2.24, 2.45) is 0 Å². The number of rotatable bonds is 10. The summed E-state index contributed by atoms with van der Waals surface area (Å²) in [6.45, 7) is 5.26. The average molecular weight is 330 g/mol. The van der Waals surface area contributed by atoms with Gasteiger partial charge in [0.05, 0.1) is 6.10 Å². The first-order chi connectivity index (χ1) is 9.24. The molecule has 108 valence electrons. The molecule has 0 saturated heterocycles. The molecule has 0 aliphatic heterocycles. The maximum Gasteiger partial charge on any atom is 0.0914 e. The van der Waals surface area contributed by atoms with Crippen LogP contribution in [0.5, 0.6) is 0 Å². The highest BCUT2D eigenvalue weighted by Gasteiger charge is 2.06. The average Bonchev–Trinajstić information content (AvgIpc) is 2.41. The summed E-state index contributed by atoms with van der Waals surface area (Å²) in [5.74, 6) is 0. The molecule has 3 nitrogen and oxygen atoms in total. The molecule has 0 spiro atoms. The summed E-state index contributed by atoms with van der Waals surface area (Å²) in [4.78, 5) is 0. The third-order valence-corrected chi connectivity index (χ3v) is 3.35. The van der Waals surface area contributed by atoms with Crippen LogP contribution < -0.4 is 5.32 Å². The minimum Gasteiger partial charge on any atom is -0.387 e. The van der Waals surface area contributed by atoms with Crippen LogP contribution in [0, 0.1) is 0 Å². The van der Waals surface area contributed by atoms with Crippen LogP contribution in [-0.2, 0) is 4.74 Å². The van der Waals surface area contributed by atoms with E-state index in [9.17, 15) is 5.11 Å². The van der Waals surface area contributed by atoms with Crippen LogP contribution in [0.25, 0.3) is 0 Å². The Morgan fingerprint density at radius 1 is 1.32 bits per heavy atom. The van der Waals surface area contributed by atoms with Crippen molar-refractivity contribution in [3.8, 4) is 0 Å². The Bertz CT molecular complexity index is 347. The van der Waals surface area contributed by atoms with Crippen molar-refractivity contribution in [1.29, 1.82) is 0 Å². The van der Waals surface area contributed by atoms with Crippen LogP contribution >= 0.6 is 15.9 Å². The molecule has 1 atom stereocenters. The van der Waals surface area contributed by atoms with Crippen molar-refractivity contribution in [1.82, 2.24) is 5.32 Å². The number of unbranched alkanes of at least 4 members (excludes halogenated alkanes) is 1. The van der Waals surface area contributed by atoms with Gasteiger partial charge in [-0.15, -0.1) is 0 Å². The summed E-state index contributed by atoms with van der Waals surface area (Å²) < 4.78 is 6.47. The number of hydrogen-bond donors (Lipinski definition) is 2. The second kappa shape index (κ2) is 10.4. The van der Waals surface area contributed by atoms with Crippen molar-refractivity contribution < 1.29 is 9.84 Å². The number of benzene rings is 1. The van der Waals surface area contributed by atoms with E-state index in [-0.39, 0.29) is 0 Å². The van der Waals surface area contributed by atoms with Gasteiger partial charge in [-0.3, -0.25) is 0 Å². The summed E-state index contributed by atoms with van der Waals surface area (Å²) in [6, 6.07) is 7.77. The molecule has 1 unspecified atom stereocenters. The Hall–Kier alpha value is -0.420. The molecule has 19 heavy (non-hydrogen) atoms. The standard InChI is InChI=1S/C15H24BrNO2/c1-2-3-9-19-10-5-8-17-12-15(18)13-6-4-7-14(16)11-13/h4,6-7,11,15,17-18H,2-3,5,8-10,12H2,1H3. The highest BCUT2D eigenvalue weighted by molar-refractivity contribution is 9.10. The lowest BCUT2D eigenvalue weighted by molar-refractivity contribution is 0.126. The van der Waals surface area contributed by atoms with Crippen LogP contribution in [0.15, 0.2) is 28.7 Å². The monoisotopic (exact) mass is 329 g/mol. The Balaban J connectivity index is 2.06. The first kappa shape index (κ1) is 16.6. The molecule has 0 amide bonds. The minimum absolute atomic E-state index is 0.460. The summed E-state index contributed by atoms with van der Waals surface area (Å²) in [5, 5.41) is 13.3. The number of aliphatic hydroxyl groups is 1. The molecule has 0 saturated carbocycles. The van der Waals surface area contributed by atoms with E-state index in [0.29, 0.717) is 6.54 Å². The summed E-state index contributed by atoms with van der Waals surface area (Å²) in [7, 11) is 0. The van der Waals surface area contributed by atoms with Gasteiger partial charge in [0.1, 0.15) is 0 Å². The van der Waals surface area contributed by atoms with Gasteiger partial charge in [-0.1, -0.05) is 41.4 Å². The lowest BCUT2D eigenvalue weighted by atomic mass is 10.1. The Morgan fingerprint density at radius 3 is 2.84 bits per heavy atom. The molecule has 0 bridgehead atoms. The van der Waals surface area contributed by atoms with Crippen LogP contribution in [-0.4, -0.2) is 31.4 Å². The highest BCUT2D eigenvalue weighted by atomic mass is 79.9. The number of halogens is 1. The molecule has 0 radical (unpaired) electrons. The lowest BCUT2D eigenvalue weighted by Crippen LogP contribution is -2.23. The van der Waals surface area contributed by atoms with Gasteiger partial charge in [0.2, 0.25) is 0 Å². The fourth-order valence-electron chi connectivity index (χ4n) is 1.72. The van der Waals surface area contributed by atoms with E-state index in [0.717, 1.165) is 42.6 Å². The molecule has 1 aromatic rings. The smallest absolute Gasteiger partial charge is 0.0914 e. The van der Waals surface area contributed by atoms with Crippen molar-refractivity contribution >= 4 is 15.9 Å². The van der Waals surface area contributed by atoms with Crippen LogP contribution in [0.2, 0.25) is 0 Å². The summed E-state index contributed by atoms with van der Waals surface area (Å²) in [5.41, 5.74) is 0.932. The normalized spacial score (nSPS) is 12.6. The van der Waals surface area contributed by atoms with Gasteiger partial charge in [0, 0.05) is 24.2 Å². The van der Waals surface area contributed by atoms with Gasteiger partial charge in [0.25, 0.3) is 0 Å². The zero-order chi connectivity index (χ0) is 13.9. The van der Waals surface area contributed by atoms with Gasteiger partial charge < -0.3 is 15.2 Å². The van der Waals surface area contributed by atoms with E-state index in [1.807, 2.05) is 24.3 Å². The first-order valence-corrected chi connectivity index (χ1v) is 7.75. The first-order valence-electron chi connectivity index (χ1n) is 6.96. The SMILES string of the molecule is CCCCOCCCNCC(O)c1cccc(Br)c1. The molecule has 0 aromatic heterocycles. The molecule has 0 aliphatic rings. The van der Waals surface area contributed by atoms with E-state index >= 15 is 0 Å². The van der Waals surface area contributed by atoms with Gasteiger partial charge >= 0.3 is 0 Å². The fourth-order valence-corrected chi connectivity index (χ4v) is 2.14. The van der Waals surface area contributed by atoms with Crippen LogP contribution in [0.4, 0.5) is 0 Å². The van der Waals surface area contributed by atoms with Crippen LogP contribution in [0.3, 0.4) is 0 Å². The van der Waals surface area contributed by atoms with Gasteiger partial charge in [-0.05, 0) is 37.1 Å². The molecule has 1 aromatic carbocycles. The number of ether oxygens (including phenoxy) is 1. The Morgan fingerprint density at radius 2 is 2.11 bits per heavy atom. The number of aliphatic hydroxyl groups excluding tert-OH is 1. The molecular weight excluding hydrogens is 306 g/mol. The lowest BCUT2D eigenvalue weighted by Gasteiger charge is -2.12. The topological polar surface area (TPSA) is 41.5 Å². The van der Waals surface area contributed by atoms with Crippen molar-refractivity contribution in [3.05, 3.63) is 34.3 Å². The Kier molecular flexibility index (Phi) is 9.08. The maximum absolute atomic E-state index is 10.0. The van der Waals surface area contributed by atoms with E-state index in [2.05, 4.69) is 28.2 Å². The molecule has 0 fully saturated rings. The largest absolute Gasteiger partial charge is 0.387 e. The van der Waals surface area contributed by atoms with E-state index in [1.54, 1.807) is 0 Å². The van der Waals surface area contributed by atoms with Crippen molar-refractivity contribution in [3.63, 3.8) is 0 Å². The fraction of sp³-hybridized carbons (Fsp3) is 0.600. The molecule has 2 N–H and O–H groups in total. The zero-order valence-electron chi connectivity index (χ0n) is 11.6. The third-order valence-electron chi connectivity index (χ3n) is 2.86. The summed E-state index contributed by atoms with van der Waals surface area (Å²) >= 11 is 3.41. The van der Waals surface area contributed by atoms with E-state index < -0.39 is 6.10 Å². The van der Waals surface area contributed by atoms with Crippen LogP contribution in [0.1, 0.15) is 37.9 Å². The number of nitrogens with one attached hydrogen (secondary N) is 1. The molecule has 0 heterocycles. The summed E-state index contributed by atoms with van der Waals surface area (Å²) in [6.07, 6.45) is 2.83. The van der Waals surface area contributed by atoms with E-state index in [4.69, 9.17) is 4.74 Å². The predicted molar refractivity (Wildman–Crippen MR) is 82.3 cm³/mol. The molecular formula is C15H24BrNO2. The molecule has 0 aliphatic carbocycles. The quantitative estimate of drug-likeness (QED) is 0.647. The predicted octanol–water partition coefficient (Wildman–Crippen LogP) is 3.28. The highest BCUT2D eigenvalue weighted by Crippen LogP contribution is 2.17. The van der Waals surface area contributed by atoms with E-state index in [1.165, 1.54) is 6.42 Å². The zero-order valence-corrected chi connectivity index (χ0v) is 13.2. The Labute approximate surface area is 124 Å². The minimum atomic E-state index is -0.460. The van der Waals surface area contributed by atoms with Gasteiger partial charge in [-0.25, -0.2) is 0 Å². The number of hydrogen-bond acceptors (Lipinski definition) is 3. The van der Waals surface area contributed by atoms with Crippen molar-refractivity contribution in [2.75, 3.05) is 26.3 Å². The molecule has 1 rings (SSSR count). The molecule has 4 heteroatoms. The van der Waals surface area contributed by atoms with Gasteiger partial charge in [-0.2, -0.15) is 0 Å². The van der Waals surface area contributed by atoms with Gasteiger partial charge in [0.15, 0.2) is 0 Å². The van der Waals surface area contributed by atoms with Crippen molar-refractivity contribution in [2.45, 2.75) is 32.3 Å². The third kappa shape index (κ3) is 7.67.